The Kier molecular flexibility index (Phi) is 4.58. The van der Waals surface area contributed by atoms with Gasteiger partial charge in [-0.2, -0.15) is 0 Å². The van der Waals surface area contributed by atoms with Crippen molar-refractivity contribution in [3.05, 3.63) is 17.5 Å². The van der Waals surface area contributed by atoms with Crippen LogP contribution in [0, 0.1) is 6.92 Å². The first-order valence-electron chi connectivity index (χ1n) is 3.66. The molecule has 0 atom stereocenters. The molecule has 0 spiro atoms. The normalized spacial score (nSPS) is 9.00. The first-order chi connectivity index (χ1) is 5.68. The van der Waals surface area contributed by atoms with Gasteiger partial charge in [0.25, 0.3) is 0 Å². The topological polar surface area (TPSA) is 90.4 Å². The lowest BCUT2D eigenvalue weighted by atomic mass is 10.3. The molecule has 0 unspecified atom stereocenters. The molecule has 0 aliphatic carbocycles. The van der Waals surface area contributed by atoms with E-state index in [9.17, 15) is 0 Å². The molecule has 1 aromatic heterocycles. The predicted molar refractivity (Wildman–Crippen MR) is 52.4 cm³/mol. The van der Waals surface area contributed by atoms with Crippen molar-refractivity contribution in [2.75, 3.05) is 6.54 Å². The zero-order valence-corrected chi connectivity index (χ0v) is 6.95. The van der Waals surface area contributed by atoms with Crippen LogP contribution < -0.4 is 11.5 Å². The monoisotopic (exact) mass is 184 g/mol. The molecule has 0 aromatic carbocycles. The summed E-state index contributed by atoms with van der Waals surface area (Å²) >= 11 is 0. The molecule has 5 nitrogen and oxygen atoms in total. The lowest BCUT2D eigenvalue weighted by molar-refractivity contribution is 0.390. The van der Waals surface area contributed by atoms with Gasteiger partial charge in [-0.3, -0.25) is 4.99 Å². The van der Waals surface area contributed by atoms with Gasteiger partial charge in [-0.15, -0.1) is 0 Å². The highest BCUT2D eigenvalue weighted by Gasteiger charge is 1.98. The molecule has 0 aliphatic rings. The molecule has 4 N–H and O–H groups in total. The molecule has 0 amide bonds. The average Bonchev–Trinajstić information content (AvgIpc) is 2.35. The zero-order valence-electron chi connectivity index (χ0n) is 6.95. The fourth-order valence-electron chi connectivity index (χ4n) is 0.835. The van der Waals surface area contributed by atoms with Gasteiger partial charge in [-0.1, -0.05) is 12.6 Å². The first-order valence-corrected chi connectivity index (χ1v) is 3.66. The third kappa shape index (κ3) is 4.15. The van der Waals surface area contributed by atoms with Crippen molar-refractivity contribution in [2.24, 2.45) is 16.5 Å². The second kappa shape index (κ2) is 5.18. The SMILES string of the molecule is C.Cc1cc(CCN=C(N)N)no1. The molecule has 1 rings (SSSR count). The Morgan fingerprint density at radius 2 is 2.31 bits per heavy atom. The lowest BCUT2D eigenvalue weighted by Crippen LogP contribution is -2.23. The number of aromatic nitrogens is 1. The minimum Gasteiger partial charge on any atom is -0.370 e. The van der Waals surface area contributed by atoms with Crippen LogP contribution in [-0.2, 0) is 6.42 Å². The Morgan fingerprint density at radius 3 is 2.77 bits per heavy atom. The summed E-state index contributed by atoms with van der Waals surface area (Å²) in [6.07, 6.45) is 0.704. The summed E-state index contributed by atoms with van der Waals surface area (Å²) in [7, 11) is 0. The van der Waals surface area contributed by atoms with Crippen LogP contribution in [0.4, 0.5) is 0 Å². The fraction of sp³-hybridized carbons (Fsp3) is 0.500. The first kappa shape index (κ1) is 11.5. The maximum atomic E-state index is 5.15. The number of rotatable bonds is 3. The number of guanidine groups is 1. The Hall–Kier alpha value is -1.52. The largest absolute Gasteiger partial charge is 0.370 e. The molecule has 1 aromatic rings. The van der Waals surface area contributed by atoms with E-state index in [-0.39, 0.29) is 13.4 Å². The highest BCUT2D eigenvalue weighted by Crippen LogP contribution is 2.01. The van der Waals surface area contributed by atoms with Crippen LogP contribution in [0.3, 0.4) is 0 Å². The molecule has 0 saturated carbocycles. The number of hydrogen-bond acceptors (Lipinski definition) is 3. The lowest BCUT2D eigenvalue weighted by Gasteiger charge is -1.90. The Balaban J connectivity index is 0.00000144. The summed E-state index contributed by atoms with van der Waals surface area (Å²) in [5.41, 5.74) is 11.2. The molecule has 0 radical (unpaired) electrons. The van der Waals surface area contributed by atoms with E-state index in [0.717, 1.165) is 11.5 Å². The van der Waals surface area contributed by atoms with Crippen molar-refractivity contribution in [3.63, 3.8) is 0 Å². The maximum absolute atomic E-state index is 5.15. The molecular formula is C8H16N4O. The highest BCUT2D eigenvalue weighted by atomic mass is 16.5. The van der Waals surface area contributed by atoms with Gasteiger partial charge in [0.15, 0.2) is 5.96 Å². The molecule has 13 heavy (non-hydrogen) atoms. The summed E-state index contributed by atoms with van der Waals surface area (Å²) in [6.45, 7) is 2.39. The van der Waals surface area contributed by atoms with E-state index in [4.69, 9.17) is 16.0 Å². The Labute approximate surface area is 77.8 Å². The van der Waals surface area contributed by atoms with Crippen LogP contribution in [0.25, 0.3) is 0 Å². The summed E-state index contributed by atoms with van der Waals surface area (Å²) in [6, 6.07) is 1.86. The molecule has 0 fully saturated rings. The summed E-state index contributed by atoms with van der Waals surface area (Å²) < 4.78 is 4.86. The van der Waals surface area contributed by atoms with Crippen molar-refractivity contribution >= 4 is 5.96 Å². The van der Waals surface area contributed by atoms with Crippen LogP contribution in [0.5, 0.6) is 0 Å². The van der Waals surface area contributed by atoms with Crippen molar-refractivity contribution in [1.29, 1.82) is 0 Å². The van der Waals surface area contributed by atoms with E-state index < -0.39 is 0 Å². The van der Waals surface area contributed by atoms with Crippen molar-refractivity contribution < 1.29 is 4.52 Å². The number of nitrogens with two attached hydrogens (primary N) is 2. The van der Waals surface area contributed by atoms with Gasteiger partial charge in [-0.25, -0.2) is 0 Å². The van der Waals surface area contributed by atoms with Gasteiger partial charge < -0.3 is 16.0 Å². The van der Waals surface area contributed by atoms with Crippen LogP contribution in [0.1, 0.15) is 18.9 Å². The van der Waals surface area contributed by atoms with Crippen molar-refractivity contribution in [2.45, 2.75) is 20.8 Å². The maximum Gasteiger partial charge on any atom is 0.185 e. The summed E-state index contributed by atoms with van der Waals surface area (Å²) in [4.78, 5) is 3.82. The van der Waals surface area contributed by atoms with Crippen LogP contribution in [0.15, 0.2) is 15.6 Å². The van der Waals surface area contributed by atoms with Gasteiger partial charge in [0.05, 0.1) is 5.69 Å². The number of aryl methyl sites for hydroxylation is 1. The molecule has 0 aliphatic heterocycles. The van der Waals surface area contributed by atoms with Crippen LogP contribution in [-0.4, -0.2) is 17.7 Å². The average molecular weight is 184 g/mol. The van der Waals surface area contributed by atoms with Crippen molar-refractivity contribution in [1.82, 2.24) is 5.16 Å². The second-order valence-electron chi connectivity index (χ2n) is 2.49. The minimum atomic E-state index is 0. The van der Waals surface area contributed by atoms with E-state index in [1.165, 1.54) is 0 Å². The molecule has 0 saturated heterocycles. The smallest absolute Gasteiger partial charge is 0.185 e. The van der Waals surface area contributed by atoms with Crippen LogP contribution in [0.2, 0.25) is 0 Å². The standard InChI is InChI=1S/C7H12N4O.CH4/c1-5-4-6(11-12-5)2-3-10-7(8)9;/h4H,2-3H2,1H3,(H4,8,9,10);1H4. The zero-order chi connectivity index (χ0) is 8.97. The second-order valence-corrected chi connectivity index (χ2v) is 2.49. The van der Waals surface area contributed by atoms with Gasteiger partial charge in [0.1, 0.15) is 5.76 Å². The van der Waals surface area contributed by atoms with E-state index in [2.05, 4.69) is 10.1 Å². The van der Waals surface area contributed by atoms with E-state index in [0.29, 0.717) is 13.0 Å². The Morgan fingerprint density at radius 1 is 1.62 bits per heavy atom. The van der Waals surface area contributed by atoms with E-state index >= 15 is 0 Å². The number of aliphatic imine (C=N–C) groups is 1. The number of nitrogens with zero attached hydrogens (tertiary/aromatic N) is 2. The summed E-state index contributed by atoms with van der Waals surface area (Å²) in [5, 5.41) is 3.79. The molecule has 0 bridgehead atoms. The third-order valence-corrected chi connectivity index (χ3v) is 1.34. The van der Waals surface area contributed by atoms with Gasteiger partial charge in [0.2, 0.25) is 0 Å². The van der Waals surface area contributed by atoms with Gasteiger partial charge in [-0.05, 0) is 6.92 Å². The molecule has 5 heteroatoms. The fourth-order valence-corrected chi connectivity index (χ4v) is 0.835. The Bertz CT molecular complexity index is 275. The summed E-state index contributed by atoms with van der Waals surface area (Å²) in [5.74, 6) is 0.907. The van der Waals surface area contributed by atoms with Crippen molar-refractivity contribution in [3.8, 4) is 0 Å². The highest BCUT2D eigenvalue weighted by molar-refractivity contribution is 5.75. The molecular weight excluding hydrogens is 168 g/mol. The molecule has 74 valence electrons. The van der Waals surface area contributed by atoms with Crippen LogP contribution >= 0.6 is 0 Å². The number of hydrogen-bond donors (Lipinski definition) is 2. The van der Waals surface area contributed by atoms with E-state index in [1.54, 1.807) is 0 Å². The van der Waals surface area contributed by atoms with Gasteiger partial charge in [0, 0.05) is 19.0 Å². The molecule has 1 heterocycles. The van der Waals surface area contributed by atoms with E-state index in [1.807, 2.05) is 13.0 Å². The quantitative estimate of drug-likeness (QED) is 0.526. The van der Waals surface area contributed by atoms with Gasteiger partial charge >= 0.3 is 0 Å². The predicted octanol–water partition coefficient (Wildman–Crippen LogP) is 0.435. The third-order valence-electron chi connectivity index (χ3n) is 1.34. The minimum absolute atomic E-state index is 0.